The molecule has 2 aromatic carbocycles. The van der Waals surface area contributed by atoms with E-state index in [0.717, 1.165) is 31.4 Å². The topological polar surface area (TPSA) is 104 Å². The molecule has 2 N–H and O–H groups in total. The van der Waals surface area contributed by atoms with Gasteiger partial charge in [0.05, 0.1) is 36.8 Å². The van der Waals surface area contributed by atoms with E-state index in [1.807, 2.05) is 56.3 Å². The van der Waals surface area contributed by atoms with Crippen molar-refractivity contribution in [2.75, 3.05) is 38.7 Å². The van der Waals surface area contributed by atoms with E-state index in [2.05, 4.69) is 29.2 Å². The van der Waals surface area contributed by atoms with E-state index in [1.165, 1.54) is 5.56 Å². The number of aliphatic hydroxyl groups is 1. The lowest BCUT2D eigenvalue weighted by Gasteiger charge is -2.36. The quantitative estimate of drug-likeness (QED) is 0.341. The van der Waals surface area contributed by atoms with Crippen LogP contribution >= 0.6 is 0 Å². The molecule has 1 aliphatic heterocycles. The monoisotopic (exact) mass is 616 g/mol. The average Bonchev–Trinajstić information content (AvgIpc) is 3.03. The molecule has 0 radical (unpaired) electrons. The summed E-state index contributed by atoms with van der Waals surface area (Å²) in [6.45, 7) is 8.20. The second kappa shape index (κ2) is 17.1. The van der Waals surface area contributed by atoms with Crippen LogP contribution in [0.1, 0.15) is 61.5 Å². The van der Waals surface area contributed by atoms with Crippen LogP contribution in [0, 0.1) is 5.92 Å². The summed E-state index contributed by atoms with van der Waals surface area (Å²) in [5.41, 5.74) is 2.95. The number of rotatable bonds is 9. The van der Waals surface area contributed by atoms with E-state index in [4.69, 9.17) is 9.47 Å². The van der Waals surface area contributed by atoms with Gasteiger partial charge in [0.2, 0.25) is 5.91 Å². The Bertz CT molecular complexity index is 1360. The van der Waals surface area contributed by atoms with Crippen LogP contribution in [0.5, 0.6) is 5.75 Å². The van der Waals surface area contributed by atoms with Crippen LogP contribution in [0.2, 0.25) is 0 Å². The predicted octanol–water partition coefficient (Wildman–Crippen LogP) is 5.19. The van der Waals surface area contributed by atoms with Crippen LogP contribution in [0.3, 0.4) is 0 Å². The molecule has 0 saturated carbocycles. The molecule has 0 fully saturated rings. The number of aromatic nitrogens is 1. The van der Waals surface area contributed by atoms with Gasteiger partial charge in [-0.25, -0.2) is 0 Å². The number of fused-ring (bicyclic) bond motifs is 1. The van der Waals surface area contributed by atoms with Gasteiger partial charge in [-0.3, -0.25) is 19.5 Å². The van der Waals surface area contributed by atoms with Crippen LogP contribution < -0.4 is 10.1 Å². The Morgan fingerprint density at radius 3 is 2.58 bits per heavy atom. The van der Waals surface area contributed by atoms with Gasteiger partial charge in [0.25, 0.3) is 5.91 Å². The van der Waals surface area contributed by atoms with Gasteiger partial charge >= 0.3 is 0 Å². The number of ether oxygens (including phenoxy) is 2. The summed E-state index contributed by atoms with van der Waals surface area (Å²) in [6, 6.07) is 18.3. The Morgan fingerprint density at radius 2 is 1.84 bits per heavy atom. The normalized spacial score (nSPS) is 20.5. The third kappa shape index (κ3) is 10.4. The number of hydrogen-bond acceptors (Lipinski definition) is 7. The van der Waals surface area contributed by atoms with Crippen molar-refractivity contribution in [3.8, 4) is 5.75 Å². The maximum atomic E-state index is 14.3. The van der Waals surface area contributed by atoms with E-state index in [9.17, 15) is 14.7 Å². The molecule has 242 valence electrons. The number of likely N-dealkylation sites (N-methyl/N-ethyl adjacent to an activating group) is 1. The Labute approximate surface area is 267 Å². The molecule has 0 spiro atoms. The van der Waals surface area contributed by atoms with Crippen molar-refractivity contribution in [2.24, 2.45) is 5.92 Å². The van der Waals surface area contributed by atoms with Crippen molar-refractivity contribution >= 4 is 17.5 Å². The fraction of sp³-hybridized carbons (Fsp3) is 0.472. The highest BCUT2D eigenvalue weighted by molar-refractivity contribution is 6.00. The summed E-state index contributed by atoms with van der Waals surface area (Å²) in [6.07, 6.45) is 6.21. The highest BCUT2D eigenvalue weighted by Gasteiger charge is 2.30. The first-order chi connectivity index (χ1) is 21.7. The first kappa shape index (κ1) is 34.1. The van der Waals surface area contributed by atoms with Gasteiger partial charge in [0, 0.05) is 50.2 Å². The van der Waals surface area contributed by atoms with Crippen LogP contribution in [0.4, 0.5) is 5.69 Å². The van der Waals surface area contributed by atoms with E-state index in [1.54, 1.807) is 35.5 Å². The Hall–Kier alpha value is -3.79. The highest BCUT2D eigenvalue weighted by Crippen LogP contribution is 2.28. The van der Waals surface area contributed by atoms with E-state index >= 15 is 0 Å². The van der Waals surface area contributed by atoms with Crippen molar-refractivity contribution in [1.29, 1.82) is 0 Å². The lowest BCUT2D eigenvalue weighted by atomic mass is 10.0. The van der Waals surface area contributed by atoms with E-state index in [-0.39, 0.29) is 43.0 Å². The molecule has 2 amide bonds. The number of nitrogens with one attached hydrogen (secondary N) is 1. The first-order valence-electron chi connectivity index (χ1n) is 16.0. The molecule has 2 heterocycles. The standard InChI is InChI=1S/C36H48N4O5/c1-26-22-40(27(2)25-41)36(43)32-21-31(38-35(42)20-29-11-6-5-7-12-29)13-14-33(32)45-28(3)10-8-9-19-44-34(26)24-39(4)23-30-15-17-37-18-16-30/h5-7,11-18,21,26-28,34,41H,8-10,19-20,22-25H2,1-4H3,(H,38,42)/t26-,27+,28-,34-/m0/s1. The number of carbonyl (C=O) groups is 2. The first-order valence-corrected chi connectivity index (χ1v) is 16.0. The van der Waals surface area contributed by atoms with Gasteiger partial charge in [-0.1, -0.05) is 37.3 Å². The fourth-order valence-corrected chi connectivity index (χ4v) is 5.62. The summed E-state index contributed by atoms with van der Waals surface area (Å²) >= 11 is 0. The maximum absolute atomic E-state index is 14.3. The summed E-state index contributed by atoms with van der Waals surface area (Å²) in [5.74, 6) is 0.0145. The lowest BCUT2D eigenvalue weighted by Crippen LogP contribution is -2.47. The molecule has 0 unspecified atom stereocenters. The van der Waals surface area contributed by atoms with Crippen LogP contribution in [0.25, 0.3) is 0 Å². The van der Waals surface area contributed by atoms with Crippen LogP contribution in [-0.4, -0.2) is 83.3 Å². The van der Waals surface area contributed by atoms with Crippen LogP contribution in [0.15, 0.2) is 73.1 Å². The molecule has 4 atom stereocenters. The van der Waals surface area contributed by atoms with Crippen LogP contribution in [-0.2, 0) is 22.5 Å². The molecular weight excluding hydrogens is 568 g/mol. The number of aliphatic hydroxyl groups excluding tert-OH is 1. The molecule has 45 heavy (non-hydrogen) atoms. The molecule has 1 aliphatic rings. The molecule has 9 nitrogen and oxygen atoms in total. The molecule has 0 bridgehead atoms. The Balaban J connectivity index is 1.59. The third-order valence-corrected chi connectivity index (χ3v) is 8.24. The summed E-state index contributed by atoms with van der Waals surface area (Å²) in [5, 5.41) is 13.2. The van der Waals surface area contributed by atoms with E-state index in [0.29, 0.717) is 36.7 Å². The van der Waals surface area contributed by atoms with Gasteiger partial charge in [-0.2, -0.15) is 0 Å². The van der Waals surface area contributed by atoms with Crippen molar-refractivity contribution in [3.63, 3.8) is 0 Å². The number of amides is 2. The van der Waals surface area contributed by atoms with Gasteiger partial charge in [-0.15, -0.1) is 0 Å². The summed E-state index contributed by atoms with van der Waals surface area (Å²) in [4.78, 5) is 35.3. The molecule has 9 heteroatoms. The number of carbonyl (C=O) groups excluding carboxylic acids is 2. The minimum absolute atomic E-state index is 0.0252. The van der Waals surface area contributed by atoms with Crippen molar-refractivity contribution in [2.45, 2.75) is 71.2 Å². The summed E-state index contributed by atoms with van der Waals surface area (Å²) < 4.78 is 12.8. The molecule has 3 aromatic rings. The molecule has 4 rings (SSSR count). The summed E-state index contributed by atoms with van der Waals surface area (Å²) in [7, 11) is 2.07. The lowest BCUT2D eigenvalue weighted by molar-refractivity contribution is -0.115. The number of nitrogens with zero attached hydrogens (tertiary/aromatic N) is 3. The second-order valence-corrected chi connectivity index (χ2v) is 12.3. The zero-order chi connectivity index (χ0) is 32.2. The Morgan fingerprint density at radius 1 is 1.09 bits per heavy atom. The highest BCUT2D eigenvalue weighted by atomic mass is 16.5. The molecule has 0 saturated heterocycles. The minimum atomic E-state index is -0.440. The minimum Gasteiger partial charge on any atom is -0.490 e. The molecule has 1 aromatic heterocycles. The Kier molecular flexibility index (Phi) is 12.9. The largest absolute Gasteiger partial charge is 0.490 e. The zero-order valence-electron chi connectivity index (χ0n) is 27.0. The van der Waals surface area contributed by atoms with Gasteiger partial charge in [-0.05, 0) is 81.6 Å². The van der Waals surface area contributed by atoms with Crippen molar-refractivity contribution < 1.29 is 24.2 Å². The average molecular weight is 617 g/mol. The zero-order valence-corrected chi connectivity index (χ0v) is 27.0. The van der Waals surface area contributed by atoms with Gasteiger partial charge in [0.1, 0.15) is 5.75 Å². The van der Waals surface area contributed by atoms with Crippen molar-refractivity contribution in [3.05, 3.63) is 89.7 Å². The smallest absolute Gasteiger partial charge is 0.258 e. The maximum Gasteiger partial charge on any atom is 0.258 e. The number of pyridine rings is 1. The van der Waals surface area contributed by atoms with Gasteiger partial charge < -0.3 is 24.8 Å². The molecular formula is C36H48N4O5. The predicted molar refractivity (Wildman–Crippen MR) is 176 cm³/mol. The number of anilines is 1. The third-order valence-electron chi connectivity index (χ3n) is 8.24. The molecule has 0 aliphatic carbocycles. The number of hydrogen-bond donors (Lipinski definition) is 2. The fourth-order valence-electron chi connectivity index (χ4n) is 5.62. The van der Waals surface area contributed by atoms with Gasteiger partial charge in [0.15, 0.2) is 0 Å². The number of benzene rings is 2. The van der Waals surface area contributed by atoms with E-state index < -0.39 is 6.04 Å². The van der Waals surface area contributed by atoms with Crippen molar-refractivity contribution in [1.82, 2.24) is 14.8 Å². The SMILES string of the molecule is C[C@H](CO)N1C[C@H](C)[C@H](CN(C)Cc2ccncc2)OCCCC[C@H](C)Oc2ccc(NC(=O)Cc3ccccc3)cc2C1=O. The second-order valence-electron chi connectivity index (χ2n) is 12.3.